The number of anilines is 2. The molecule has 0 aliphatic carbocycles. The van der Waals surface area contributed by atoms with Gasteiger partial charge in [-0.15, -0.1) is 11.3 Å². The first-order valence-corrected chi connectivity index (χ1v) is 8.21. The van der Waals surface area contributed by atoms with Crippen molar-refractivity contribution >= 4 is 34.0 Å². The van der Waals surface area contributed by atoms with Crippen LogP contribution in [0.25, 0.3) is 0 Å². The summed E-state index contributed by atoms with van der Waals surface area (Å²) in [5.74, 6) is -0.727. The van der Waals surface area contributed by atoms with E-state index in [4.69, 9.17) is 0 Å². The van der Waals surface area contributed by atoms with Crippen molar-refractivity contribution in [2.45, 2.75) is 26.2 Å². The third-order valence-corrected chi connectivity index (χ3v) is 4.50. The van der Waals surface area contributed by atoms with Crippen LogP contribution in [0, 0.1) is 12.7 Å². The lowest BCUT2D eigenvalue weighted by molar-refractivity contribution is -0.117. The summed E-state index contributed by atoms with van der Waals surface area (Å²) in [6, 6.07) is 4.64. The highest BCUT2D eigenvalue weighted by molar-refractivity contribution is 7.14. The van der Waals surface area contributed by atoms with Crippen LogP contribution in [0.1, 0.15) is 24.1 Å². The normalized spacial score (nSPS) is 14.3. The minimum atomic E-state index is -0.458. The van der Waals surface area contributed by atoms with Crippen LogP contribution >= 0.6 is 11.3 Å². The highest BCUT2D eigenvalue weighted by Crippen LogP contribution is 2.25. The zero-order valence-electron chi connectivity index (χ0n) is 12.6. The number of carbonyl (C=O) groups excluding carboxylic acids is 2. The number of benzene rings is 1. The number of amides is 2. The number of aryl methyl sites for hydroxylation is 1. The maximum Gasteiger partial charge on any atom is 0.230 e. The molecule has 1 fully saturated rings. The van der Waals surface area contributed by atoms with Crippen LogP contribution in [-0.4, -0.2) is 23.3 Å². The Morgan fingerprint density at radius 2 is 2.30 bits per heavy atom. The SMILES string of the molecule is Cc1ccc(NC(=O)Cc2csc(N3CCCC3=O)n2)c(F)c1. The third kappa shape index (κ3) is 3.56. The van der Waals surface area contributed by atoms with Gasteiger partial charge in [0.15, 0.2) is 5.13 Å². The van der Waals surface area contributed by atoms with Gasteiger partial charge in [0.25, 0.3) is 0 Å². The molecule has 1 N–H and O–H groups in total. The molecule has 0 unspecified atom stereocenters. The number of thiazole rings is 1. The van der Waals surface area contributed by atoms with E-state index in [1.807, 2.05) is 0 Å². The molecule has 3 rings (SSSR count). The van der Waals surface area contributed by atoms with Gasteiger partial charge in [0, 0.05) is 18.3 Å². The van der Waals surface area contributed by atoms with Crippen LogP contribution in [0.5, 0.6) is 0 Å². The molecule has 23 heavy (non-hydrogen) atoms. The van der Waals surface area contributed by atoms with Gasteiger partial charge < -0.3 is 5.32 Å². The molecule has 2 heterocycles. The zero-order chi connectivity index (χ0) is 16.4. The summed E-state index contributed by atoms with van der Waals surface area (Å²) < 4.78 is 13.7. The fourth-order valence-electron chi connectivity index (χ4n) is 2.43. The van der Waals surface area contributed by atoms with Crippen LogP contribution in [0.2, 0.25) is 0 Å². The molecule has 1 aliphatic heterocycles. The van der Waals surface area contributed by atoms with Crippen molar-refractivity contribution in [2.24, 2.45) is 0 Å². The number of rotatable bonds is 4. The Morgan fingerprint density at radius 3 is 3.00 bits per heavy atom. The van der Waals surface area contributed by atoms with Crippen LogP contribution in [0.4, 0.5) is 15.2 Å². The lowest BCUT2D eigenvalue weighted by atomic mass is 10.2. The van der Waals surface area contributed by atoms with Crippen LogP contribution < -0.4 is 10.2 Å². The van der Waals surface area contributed by atoms with Gasteiger partial charge in [0.2, 0.25) is 11.8 Å². The number of carbonyl (C=O) groups is 2. The van der Waals surface area contributed by atoms with Crippen molar-refractivity contribution in [1.29, 1.82) is 0 Å². The summed E-state index contributed by atoms with van der Waals surface area (Å²) in [5.41, 5.74) is 1.53. The standard InChI is InChI=1S/C16H16FN3O2S/c1-10-4-5-13(12(17)7-10)19-14(21)8-11-9-23-16(18-11)20-6-2-3-15(20)22/h4-5,7,9H,2-3,6,8H2,1H3,(H,19,21). The molecule has 0 spiro atoms. The van der Waals surface area contributed by atoms with Gasteiger partial charge in [0.05, 0.1) is 17.8 Å². The second-order valence-corrected chi connectivity index (χ2v) is 6.32. The largest absolute Gasteiger partial charge is 0.323 e. The molecule has 5 nitrogen and oxygen atoms in total. The molecule has 2 amide bonds. The second-order valence-electron chi connectivity index (χ2n) is 5.48. The van der Waals surface area contributed by atoms with E-state index in [-0.39, 0.29) is 23.9 Å². The first-order chi connectivity index (χ1) is 11.0. The molecular weight excluding hydrogens is 317 g/mol. The van der Waals surface area contributed by atoms with Gasteiger partial charge in [-0.05, 0) is 31.0 Å². The van der Waals surface area contributed by atoms with Gasteiger partial charge in [0.1, 0.15) is 5.82 Å². The van der Waals surface area contributed by atoms with Gasteiger partial charge >= 0.3 is 0 Å². The zero-order valence-corrected chi connectivity index (χ0v) is 13.5. The lowest BCUT2D eigenvalue weighted by Crippen LogP contribution is -2.23. The monoisotopic (exact) mass is 333 g/mol. The van der Waals surface area contributed by atoms with E-state index in [1.165, 1.54) is 23.5 Å². The van der Waals surface area contributed by atoms with Gasteiger partial charge in [-0.1, -0.05) is 6.07 Å². The molecule has 0 bridgehead atoms. The molecule has 2 aromatic rings. The van der Waals surface area contributed by atoms with Crippen LogP contribution in [0.3, 0.4) is 0 Å². The van der Waals surface area contributed by atoms with Gasteiger partial charge in [-0.3, -0.25) is 14.5 Å². The lowest BCUT2D eigenvalue weighted by Gasteiger charge is -2.10. The average Bonchev–Trinajstić information content (AvgIpc) is 3.10. The minimum Gasteiger partial charge on any atom is -0.323 e. The summed E-state index contributed by atoms with van der Waals surface area (Å²) >= 11 is 1.34. The average molecular weight is 333 g/mol. The number of aromatic nitrogens is 1. The summed E-state index contributed by atoms with van der Waals surface area (Å²) in [6.45, 7) is 2.46. The molecule has 0 atom stereocenters. The quantitative estimate of drug-likeness (QED) is 0.936. The second kappa shape index (κ2) is 6.45. The summed E-state index contributed by atoms with van der Waals surface area (Å²) in [6.07, 6.45) is 1.43. The van der Waals surface area contributed by atoms with Gasteiger partial charge in [-0.2, -0.15) is 0 Å². The van der Waals surface area contributed by atoms with E-state index < -0.39 is 5.82 Å². The van der Waals surface area contributed by atoms with E-state index in [0.29, 0.717) is 23.8 Å². The third-order valence-electron chi connectivity index (χ3n) is 3.58. The number of nitrogens with one attached hydrogen (secondary N) is 1. The minimum absolute atomic E-state index is 0.0475. The Kier molecular flexibility index (Phi) is 4.38. The summed E-state index contributed by atoms with van der Waals surface area (Å²) in [4.78, 5) is 29.7. The van der Waals surface area contributed by atoms with E-state index in [0.717, 1.165) is 12.0 Å². The van der Waals surface area contributed by atoms with E-state index in [2.05, 4.69) is 10.3 Å². The Hall–Kier alpha value is -2.28. The Bertz CT molecular complexity index is 760. The van der Waals surface area contributed by atoms with E-state index >= 15 is 0 Å². The van der Waals surface area contributed by atoms with Gasteiger partial charge in [-0.25, -0.2) is 9.37 Å². The molecule has 1 saturated heterocycles. The Labute approximate surface area is 137 Å². The molecular formula is C16H16FN3O2S. The number of halogens is 1. The Morgan fingerprint density at radius 1 is 1.48 bits per heavy atom. The number of hydrogen-bond acceptors (Lipinski definition) is 4. The molecule has 0 radical (unpaired) electrons. The smallest absolute Gasteiger partial charge is 0.230 e. The number of hydrogen-bond donors (Lipinski definition) is 1. The van der Waals surface area contributed by atoms with Crippen molar-refractivity contribution < 1.29 is 14.0 Å². The molecule has 1 aliphatic rings. The predicted molar refractivity (Wildman–Crippen MR) is 87.2 cm³/mol. The van der Waals surface area contributed by atoms with Crippen molar-refractivity contribution in [2.75, 3.05) is 16.8 Å². The fraction of sp³-hybridized carbons (Fsp3) is 0.312. The molecule has 1 aromatic heterocycles. The van der Waals surface area contributed by atoms with Crippen LogP contribution in [0.15, 0.2) is 23.6 Å². The molecule has 7 heteroatoms. The van der Waals surface area contributed by atoms with E-state index in [9.17, 15) is 14.0 Å². The first-order valence-electron chi connectivity index (χ1n) is 7.34. The maximum absolute atomic E-state index is 13.7. The predicted octanol–water partition coefficient (Wildman–Crippen LogP) is 2.90. The summed E-state index contributed by atoms with van der Waals surface area (Å²) in [7, 11) is 0. The molecule has 0 saturated carbocycles. The Balaban J connectivity index is 1.64. The van der Waals surface area contributed by atoms with E-state index in [1.54, 1.807) is 23.3 Å². The van der Waals surface area contributed by atoms with Crippen molar-refractivity contribution in [3.63, 3.8) is 0 Å². The maximum atomic E-state index is 13.7. The summed E-state index contributed by atoms with van der Waals surface area (Å²) in [5, 5.41) is 4.92. The molecule has 1 aromatic carbocycles. The van der Waals surface area contributed by atoms with Crippen molar-refractivity contribution in [3.05, 3.63) is 40.7 Å². The topological polar surface area (TPSA) is 62.3 Å². The van der Waals surface area contributed by atoms with Crippen molar-refractivity contribution in [3.8, 4) is 0 Å². The highest BCUT2D eigenvalue weighted by atomic mass is 32.1. The fourth-order valence-corrected chi connectivity index (χ4v) is 3.30. The first kappa shape index (κ1) is 15.6. The highest BCUT2D eigenvalue weighted by Gasteiger charge is 2.24. The number of nitrogens with zero attached hydrogens (tertiary/aromatic N) is 2. The van der Waals surface area contributed by atoms with Crippen LogP contribution in [-0.2, 0) is 16.0 Å². The molecule has 120 valence electrons. The van der Waals surface area contributed by atoms with Crippen molar-refractivity contribution in [1.82, 2.24) is 4.98 Å².